The number of hydrogen-bond acceptors (Lipinski definition) is 3. The molecule has 0 saturated carbocycles. The number of rotatable bonds is 0. The number of carboxylic acid groups (broad SMARTS) is 1. The minimum Gasteiger partial charge on any atom is -0.481 e. The molecule has 0 fully saturated rings. The van der Waals surface area contributed by atoms with Gasteiger partial charge in [-0.2, -0.15) is 0 Å². The van der Waals surface area contributed by atoms with Crippen LogP contribution in [0.15, 0.2) is 24.3 Å². The maximum absolute atomic E-state index is 9.00. The largest absolute Gasteiger partial charge is 0.481 e. The summed E-state index contributed by atoms with van der Waals surface area (Å²) in [5.74, 6) is -0.833. The van der Waals surface area contributed by atoms with E-state index in [0.29, 0.717) is 0 Å². The number of aromatic amines is 1. The summed E-state index contributed by atoms with van der Waals surface area (Å²) in [5.41, 5.74) is 1.90. The zero-order valence-corrected chi connectivity index (χ0v) is 8.30. The van der Waals surface area contributed by atoms with Crippen molar-refractivity contribution in [3.05, 3.63) is 24.3 Å². The molecule has 0 aliphatic heterocycles. The molecule has 5 nitrogen and oxygen atoms in total. The molecule has 1 heterocycles. The van der Waals surface area contributed by atoms with Crippen molar-refractivity contribution in [2.75, 3.05) is 0 Å². The summed E-state index contributed by atoms with van der Waals surface area (Å²) in [4.78, 5) is 9.00. The van der Waals surface area contributed by atoms with Crippen molar-refractivity contribution in [2.45, 2.75) is 6.92 Å². The Hall–Kier alpha value is -1.39. The van der Waals surface area contributed by atoms with E-state index < -0.39 is 5.97 Å². The Morgan fingerprint density at radius 2 is 2.00 bits per heavy atom. The monoisotopic (exact) mass is 242 g/mol. The van der Waals surface area contributed by atoms with Crippen molar-refractivity contribution in [1.82, 2.24) is 15.4 Å². The summed E-state index contributed by atoms with van der Waals surface area (Å²) in [5, 5.41) is 17.6. The van der Waals surface area contributed by atoms with Gasteiger partial charge in [-0.25, -0.2) is 0 Å². The summed E-state index contributed by atoms with van der Waals surface area (Å²) in [7, 11) is 0. The molecule has 79 valence electrons. The number of benzene rings is 1. The van der Waals surface area contributed by atoms with Crippen LogP contribution in [-0.2, 0) is 21.9 Å². The van der Waals surface area contributed by atoms with Crippen LogP contribution in [0, 0.1) is 0 Å². The van der Waals surface area contributed by atoms with Gasteiger partial charge in [-0.15, -0.1) is 5.10 Å². The van der Waals surface area contributed by atoms with Gasteiger partial charge in [-0.1, -0.05) is 17.3 Å². The molecule has 0 aliphatic carbocycles. The Labute approximate surface area is 91.0 Å². The third-order valence-electron chi connectivity index (χ3n) is 1.23. The number of fused-ring (bicyclic) bond motifs is 1. The molecular formula is C8H9CuN3O2. The first kappa shape index (κ1) is 12.6. The maximum Gasteiger partial charge on any atom is 0.300 e. The normalized spacial score (nSPS) is 8.36. The van der Waals surface area contributed by atoms with Crippen molar-refractivity contribution in [3.63, 3.8) is 0 Å². The molecule has 0 bridgehead atoms. The standard InChI is InChI=1S/C6H5N3.C2H4O2.Cu/c1-2-4-6-5(3-1)7-9-8-6;1-2(3)4;/h1-4H,(H,7,8,9);1H3,(H,3,4);. The first-order valence-electron chi connectivity index (χ1n) is 3.65. The fraction of sp³-hybridized carbons (Fsp3) is 0.125. The number of hydrogen-bond donors (Lipinski definition) is 2. The average Bonchev–Trinajstić information content (AvgIpc) is 2.49. The first-order valence-corrected chi connectivity index (χ1v) is 3.65. The van der Waals surface area contributed by atoms with E-state index in [9.17, 15) is 0 Å². The van der Waals surface area contributed by atoms with Crippen LogP contribution in [0.25, 0.3) is 11.0 Å². The third kappa shape index (κ3) is 4.02. The summed E-state index contributed by atoms with van der Waals surface area (Å²) < 4.78 is 0. The Kier molecular flexibility index (Phi) is 5.51. The van der Waals surface area contributed by atoms with Crippen LogP contribution in [0.2, 0.25) is 0 Å². The summed E-state index contributed by atoms with van der Waals surface area (Å²) in [6.07, 6.45) is 0. The molecule has 2 rings (SSSR count). The number of aromatic nitrogens is 3. The number of nitrogens with one attached hydrogen (secondary N) is 1. The van der Waals surface area contributed by atoms with Crippen LogP contribution in [0.1, 0.15) is 6.92 Å². The van der Waals surface area contributed by atoms with E-state index in [0.717, 1.165) is 18.0 Å². The van der Waals surface area contributed by atoms with Crippen LogP contribution in [0.4, 0.5) is 0 Å². The van der Waals surface area contributed by atoms with Gasteiger partial charge in [-0.3, -0.25) is 9.89 Å². The van der Waals surface area contributed by atoms with Crippen LogP contribution >= 0.6 is 0 Å². The summed E-state index contributed by atoms with van der Waals surface area (Å²) >= 11 is 0. The fourth-order valence-corrected chi connectivity index (χ4v) is 0.788. The van der Waals surface area contributed by atoms with Gasteiger partial charge in [0.1, 0.15) is 5.52 Å². The van der Waals surface area contributed by atoms with Gasteiger partial charge in [0, 0.05) is 24.0 Å². The van der Waals surface area contributed by atoms with E-state index in [2.05, 4.69) is 15.4 Å². The van der Waals surface area contributed by atoms with Gasteiger partial charge >= 0.3 is 0 Å². The second-order valence-corrected chi connectivity index (χ2v) is 2.35. The van der Waals surface area contributed by atoms with Crippen molar-refractivity contribution >= 4 is 17.0 Å². The van der Waals surface area contributed by atoms with E-state index >= 15 is 0 Å². The van der Waals surface area contributed by atoms with Gasteiger partial charge in [0.05, 0.1) is 5.52 Å². The maximum atomic E-state index is 9.00. The van der Waals surface area contributed by atoms with Crippen molar-refractivity contribution in [3.8, 4) is 0 Å². The van der Waals surface area contributed by atoms with Crippen molar-refractivity contribution < 1.29 is 27.0 Å². The van der Waals surface area contributed by atoms with Gasteiger partial charge in [0.15, 0.2) is 0 Å². The topological polar surface area (TPSA) is 78.9 Å². The van der Waals surface area contributed by atoms with Crippen molar-refractivity contribution in [2.24, 2.45) is 0 Å². The Morgan fingerprint density at radius 1 is 1.43 bits per heavy atom. The number of H-pyrrole nitrogens is 1. The van der Waals surface area contributed by atoms with E-state index in [1.165, 1.54) is 0 Å². The molecule has 2 aromatic rings. The van der Waals surface area contributed by atoms with E-state index in [4.69, 9.17) is 9.90 Å². The Bertz CT molecular complexity index is 368. The first-order chi connectivity index (χ1) is 6.20. The number of nitrogens with zero attached hydrogens (tertiary/aromatic N) is 2. The molecule has 14 heavy (non-hydrogen) atoms. The molecule has 0 spiro atoms. The van der Waals surface area contributed by atoms with Crippen LogP contribution in [-0.4, -0.2) is 26.5 Å². The van der Waals surface area contributed by atoms with Gasteiger partial charge in [0.25, 0.3) is 5.97 Å². The summed E-state index contributed by atoms with van der Waals surface area (Å²) in [6, 6.07) is 7.74. The quantitative estimate of drug-likeness (QED) is 0.677. The second-order valence-electron chi connectivity index (χ2n) is 2.35. The molecule has 2 N–H and O–H groups in total. The molecule has 1 aromatic heterocycles. The number of carbonyl (C=O) groups is 1. The predicted molar refractivity (Wildman–Crippen MR) is 47.2 cm³/mol. The molecule has 0 aliphatic rings. The predicted octanol–water partition coefficient (Wildman–Crippen LogP) is 1.05. The number of aliphatic carboxylic acids is 1. The minimum absolute atomic E-state index is 0. The molecular weight excluding hydrogens is 234 g/mol. The van der Waals surface area contributed by atoms with E-state index in [1.807, 2.05) is 24.3 Å². The number of para-hydroxylation sites is 1. The molecule has 0 saturated heterocycles. The molecule has 1 radical (unpaired) electrons. The van der Waals surface area contributed by atoms with Crippen molar-refractivity contribution in [1.29, 1.82) is 0 Å². The van der Waals surface area contributed by atoms with Crippen LogP contribution in [0.3, 0.4) is 0 Å². The third-order valence-corrected chi connectivity index (χ3v) is 1.23. The van der Waals surface area contributed by atoms with E-state index in [1.54, 1.807) is 0 Å². The molecule has 1 aromatic carbocycles. The smallest absolute Gasteiger partial charge is 0.300 e. The Balaban J connectivity index is 0.000000299. The molecule has 0 amide bonds. The second kappa shape index (κ2) is 6.12. The Morgan fingerprint density at radius 3 is 2.57 bits per heavy atom. The molecule has 6 heteroatoms. The van der Waals surface area contributed by atoms with Crippen LogP contribution in [0.5, 0.6) is 0 Å². The molecule has 0 atom stereocenters. The zero-order valence-electron chi connectivity index (χ0n) is 7.36. The fourth-order valence-electron chi connectivity index (χ4n) is 0.788. The van der Waals surface area contributed by atoms with Crippen LogP contribution < -0.4 is 0 Å². The van der Waals surface area contributed by atoms with E-state index in [-0.39, 0.29) is 17.1 Å². The van der Waals surface area contributed by atoms with Gasteiger partial charge in [0.2, 0.25) is 0 Å². The summed E-state index contributed by atoms with van der Waals surface area (Å²) in [6.45, 7) is 1.08. The number of carboxylic acids is 1. The average molecular weight is 243 g/mol. The van der Waals surface area contributed by atoms with Gasteiger partial charge in [-0.05, 0) is 12.1 Å². The minimum atomic E-state index is -0.833. The van der Waals surface area contributed by atoms with Gasteiger partial charge < -0.3 is 5.11 Å². The SMILES string of the molecule is CC(=O)O.[Cu].c1ccc2[nH]nnc2c1. The zero-order chi connectivity index (χ0) is 9.68. The molecule has 0 unspecified atom stereocenters.